The number of amides is 2. The van der Waals surface area contributed by atoms with Gasteiger partial charge in [-0.05, 0) is 18.9 Å². The number of carbonyl (C=O) groups is 3. The molecule has 8 heteroatoms. The molecule has 0 saturated heterocycles. The van der Waals surface area contributed by atoms with Crippen molar-refractivity contribution in [2.24, 2.45) is 0 Å². The zero-order valence-electron chi connectivity index (χ0n) is 14.0. The Bertz CT molecular complexity index is 858. The molecule has 0 unspecified atom stereocenters. The van der Waals surface area contributed by atoms with Crippen LogP contribution in [-0.4, -0.2) is 35.0 Å². The van der Waals surface area contributed by atoms with E-state index < -0.39 is 23.3 Å². The van der Waals surface area contributed by atoms with Gasteiger partial charge in [-0.2, -0.15) is 0 Å². The van der Waals surface area contributed by atoms with Crippen molar-refractivity contribution in [1.82, 2.24) is 10.6 Å². The molecule has 3 rings (SSSR count). The molecule has 0 radical (unpaired) electrons. The van der Waals surface area contributed by atoms with E-state index in [1.165, 1.54) is 11.3 Å². The third-order valence-electron chi connectivity index (χ3n) is 4.65. The molecule has 0 atom stereocenters. The first-order valence-electron chi connectivity index (χ1n) is 8.42. The zero-order valence-corrected chi connectivity index (χ0v) is 15.6. The third-order valence-corrected chi connectivity index (χ3v) is 6.32. The molecule has 26 heavy (non-hydrogen) atoms. The molecule has 1 aromatic heterocycles. The predicted octanol–water partition coefficient (Wildman–Crippen LogP) is 3.19. The van der Waals surface area contributed by atoms with Crippen LogP contribution in [0.3, 0.4) is 0 Å². The maximum atomic E-state index is 12.4. The third kappa shape index (κ3) is 3.68. The van der Waals surface area contributed by atoms with Gasteiger partial charge < -0.3 is 15.7 Å². The second kappa shape index (κ2) is 7.63. The van der Waals surface area contributed by atoms with E-state index in [4.69, 9.17) is 11.6 Å². The van der Waals surface area contributed by atoms with Gasteiger partial charge in [0.25, 0.3) is 5.91 Å². The van der Waals surface area contributed by atoms with Crippen LogP contribution in [-0.2, 0) is 9.59 Å². The Kier molecular flexibility index (Phi) is 5.48. The SMILES string of the molecule is O=C(CNC(=O)c1sc2ccccc2c1Cl)NC1(C(=O)O)CCCCC1. The van der Waals surface area contributed by atoms with E-state index in [1.807, 2.05) is 24.3 Å². The maximum Gasteiger partial charge on any atom is 0.329 e. The quantitative estimate of drug-likeness (QED) is 0.725. The van der Waals surface area contributed by atoms with Crippen LogP contribution in [0.1, 0.15) is 41.8 Å². The Morgan fingerprint density at radius 3 is 2.50 bits per heavy atom. The summed E-state index contributed by atoms with van der Waals surface area (Å²) in [5.41, 5.74) is -1.23. The number of carbonyl (C=O) groups excluding carboxylic acids is 2. The summed E-state index contributed by atoms with van der Waals surface area (Å²) in [6.45, 7) is -0.293. The molecule has 6 nitrogen and oxygen atoms in total. The highest BCUT2D eigenvalue weighted by Gasteiger charge is 2.40. The number of carboxylic acid groups (broad SMARTS) is 1. The summed E-state index contributed by atoms with van der Waals surface area (Å²) in [5.74, 6) is -1.98. The van der Waals surface area contributed by atoms with Gasteiger partial charge in [-0.25, -0.2) is 4.79 Å². The molecule has 0 aliphatic heterocycles. The lowest BCUT2D eigenvalue weighted by atomic mass is 9.81. The first kappa shape index (κ1) is 18.7. The van der Waals surface area contributed by atoms with Crippen LogP contribution in [0.4, 0.5) is 0 Å². The lowest BCUT2D eigenvalue weighted by Gasteiger charge is -2.33. The minimum atomic E-state index is -1.23. The molecule has 1 aromatic carbocycles. The number of thiophene rings is 1. The van der Waals surface area contributed by atoms with Gasteiger partial charge >= 0.3 is 5.97 Å². The predicted molar refractivity (Wildman–Crippen MR) is 101 cm³/mol. The normalized spacial score (nSPS) is 16.2. The smallest absolute Gasteiger partial charge is 0.329 e. The minimum Gasteiger partial charge on any atom is -0.480 e. The van der Waals surface area contributed by atoms with Crippen LogP contribution in [0.5, 0.6) is 0 Å². The molecular formula is C18H19ClN2O4S. The lowest BCUT2D eigenvalue weighted by Crippen LogP contribution is -2.57. The van der Waals surface area contributed by atoms with Crippen LogP contribution in [0, 0.1) is 0 Å². The van der Waals surface area contributed by atoms with Gasteiger partial charge in [0, 0.05) is 10.1 Å². The average Bonchev–Trinajstić information content (AvgIpc) is 2.97. The molecule has 3 N–H and O–H groups in total. The Balaban J connectivity index is 1.64. The number of hydrogen-bond donors (Lipinski definition) is 3. The van der Waals surface area contributed by atoms with Crippen LogP contribution in [0.2, 0.25) is 5.02 Å². The van der Waals surface area contributed by atoms with Crippen molar-refractivity contribution in [3.8, 4) is 0 Å². The fourth-order valence-electron chi connectivity index (χ4n) is 3.26. The van der Waals surface area contributed by atoms with E-state index in [9.17, 15) is 19.5 Å². The monoisotopic (exact) mass is 394 g/mol. The molecule has 0 spiro atoms. The number of aliphatic carboxylic acids is 1. The number of halogens is 1. The molecule has 1 saturated carbocycles. The van der Waals surface area contributed by atoms with Crippen LogP contribution in [0.15, 0.2) is 24.3 Å². The highest BCUT2D eigenvalue weighted by molar-refractivity contribution is 7.21. The number of nitrogens with one attached hydrogen (secondary N) is 2. The van der Waals surface area contributed by atoms with Crippen LogP contribution >= 0.6 is 22.9 Å². The van der Waals surface area contributed by atoms with Crippen molar-refractivity contribution in [3.05, 3.63) is 34.2 Å². The molecule has 0 bridgehead atoms. The molecule has 1 heterocycles. The highest BCUT2D eigenvalue weighted by Crippen LogP contribution is 2.35. The summed E-state index contributed by atoms with van der Waals surface area (Å²) in [4.78, 5) is 36.5. The van der Waals surface area contributed by atoms with Gasteiger partial charge in [0.15, 0.2) is 0 Å². The van der Waals surface area contributed by atoms with Gasteiger partial charge in [0.05, 0.1) is 11.6 Å². The van der Waals surface area contributed by atoms with E-state index in [2.05, 4.69) is 10.6 Å². The highest BCUT2D eigenvalue weighted by atomic mass is 35.5. The molecule has 1 fully saturated rings. The van der Waals surface area contributed by atoms with Crippen LogP contribution in [0.25, 0.3) is 10.1 Å². The lowest BCUT2D eigenvalue weighted by molar-refractivity contribution is -0.149. The van der Waals surface area contributed by atoms with Gasteiger partial charge in [-0.3, -0.25) is 9.59 Å². The van der Waals surface area contributed by atoms with Gasteiger partial charge in [0.2, 0.25) is 5.91 Å². The number of carboxylic acids is 1. The van der Waals surface area contributed by atoms with Crippen LogP contribution < -0.4 is 10.6 Å². The number of hydrogen-bond acceptors (Lipinski definition) is 4. The van der Waals surface area contributed by atoms with Gasteiger partial charge in [-0.15, -0.1) is 11.3 Å². The Labute approximate surface area is 159 Å². The van der Waals surface area contributed by atoms with Crippen molar-refractivity contribution < 1.29 is 19.5 Å². The van der Waals surface area contributed by atoms with Crippen molar-refractivity contribution in [1.29, 1.82) is 0 Å². The Hall–Kier alpha value is -2.12. The second-order valence-electron chi connectivity index (χ2n) is 6.42. The van der Waals surface area contributed by atoms with Crippen molar-refractivity contribution in [2.45, 2.75) is 37.6 Å². The molecule has 1 aliphatic carbocycles. The summed E-state index contributed by atoms with van der Waals surface area (Å²) in [5, 5.41) is 15.8. The van der Waals surface area contributed by atoms with Gasteiger partial charge in [-0.1, -0.05) is 49.1 Å². The number of rotatable bonds is 5. The van der Waals surface area contributed by atoms with Crippen molar-refractivity contribution in [2.75, 3.05) is 6.54 Å². The topological polar surface area (TPSA) is 95.5 Å². The summed E-state index contributed by atoms with van der Waals surface area (Å²) in [7, 11) is 0. The molecule has 2 amide bonds. The summed E-state index contributed by atoms with van der Waals surface area (Å²) >= 11 is 7.51. The van der Waals surface area contributed by atoms with E-state index in [0.29, 0.717) is 22.7 Å². The second-order valence-corrected chi connectivity index (χ2v) is 7.85. The van der Waals surface area contributed by atoms with E-state index in [-0.39, 0.29) is 6.54 Å². The standard InChI is InChI=1S/C18H19ClN2O4S/c19-14-11-6-2-3-7-12(11)26-15(14)16(23)20-10-13(22)21-18(17(24)25)8-4-1-5-9-18/h2-3,6-7H,1,4-5,8-10H2,(H,20,23)(H,21,22)(H,24,25). The largest absolute Gasteiger partial charge is 0.480 e. The van der Waals surface area contributed by atoms with E-state index in [1.54, 1.807) is 0 Å². The minimum absolute atomic E-state index is 0.293. The van der Waals surface area contributed by atoms with E-state index in [0.717, 1.165) is 29.3 Å². The summed E-state index contributed by atoms with van der Waals surface area (Å²) < 4.78 is 0.888. The Morgan fingerprint density at radius 1 is 1.15 bits per heavy atom. The number of benzene rings is 1. The molecule has 1 aliphatic rings. The fraction of sp³-hybridized carbons (Fsp3) is 0.389. The summed E-state index contributed by atoms with van der Waals surface area (Å²) in [6, 6.07) is 7.40. The first-order chi connectivity index (χ1) is 12.4. The molecular weight excluding hydrogens is 376 g/mol. The Morgan fingerprint density at radius 2 is 1.85 bits per heavy atom. The summed E-state index contributed by atoms with van der Waals surface area (Å²) in [6.07, 6.45) is 3.30. The maximum absolute atomic E-state index is 12.4. The van der Waals surface area contributed by atoms with Gasteiger partial charge in [0.1, 0.15) is 10.4 Å². The number of fused-ring (bicyclic) bond motifs is 1. The zero-order chi connectivity index (χ0) is 18.7. The molecule has 138 valence electrons. The van der Waals surface area contributed by atoms with E-state index >= 15 is 0 Å². The van der Waals surface area contributed by atoms with Crippen molar-refractivity contribution >= 4 is 50.8 Å². The molecule has 2 aromatic rings. The first-order valence-corrected chi connectivity index (χ1v) is 9.62. The van der Waals surface area contributed by atoms with Crippen molar-refractivity contribution in [3.63, 3.8) is 0 Å². The average molecular weight is 395 g/mol. The fourth-order valence-corrected chi connectivity index (χ4v) is 4.69.